The molecule has 2 aliphatic heterocycles. The van der Waals surface area contributed by atoms with E-state index in [-0.39, 0.29) is 5.79 Å². The third kappa shape index (κ3) is 3.48. The van der Waals surface area contributed by atoms with Crippen molar-refractivity contribution in [3.05, 3.63) is 29.0 Å². The zero-order valence-electron chi connectivity index (χ0n) is 14.2. The monoisotopic (exact) mass is 362 g/mol. The van der Waals surface area contributed by atoms with E-state index < -0.39 is 0 Å². The number of benzene rings is 1. The molecule has 7 nitrogen and oxygen atoms in total. The molecule has 1 N–H and O–H groups in total. The lowest BCUT2D eigenvalue weighted by molar-refractivity contribution is -0.187. The standard InChI is InChI=1S/C17H22N4O3S/c1-22-14-4-2-13(3-5-14)15-18-16(25)21(19-15)12-20-8-6-17(7-9-20)23-10-11-24-17/h2-5H,6-12H2,1H3,(H,18,19,25). The highest BCUT2D eigenvalue weighted by Crippen LogP contribution is 2.31. The average molecular weight is 362 g/mol. The molecule has 134 valence electrons. The Balaban J connectivity index is 1.43. The van der Waals surface area contributed by atoms with Crippen molar-refractivity contribution in [2.24, 2.45) is 0 Å². The van der Waals surface area contributed by atoms with E-state index in [1.165, 1.54) is 0 Å². The zero-order valence-corrected chi connectivity index (χ0v) is 15.1. The van der Waals surface area contributed by atoms with E-state index in [1.54, 1.807) is 7.11 Å². The van der Waals surface area contributed by atoms with Crippen molar-refractivity contribution in [1.29, 1.82) is 0 Å². The van der Waals surface area contributed by atoms with Crippen LogP contribution in [0.3, 0.4) is 0 Å². The first-order valence-corrected chi connectivity index (χ1v) is 8.90. The molecule has 2 fully saturated rings. The number of methoxy groups -OCH3 is 1. The van der Waals surface area contributed by atoms with Crippen molar-refractivity contribution in [2.75, 3.05) is 33.4 Å². The molecule has 1 aromatic carbocycles. The number of likely N-dealkylation sites (tertiary alicyclic amines) is 1. The van der Waals surface area contributed by atoms with Crippen molar-refractivity contribution >= 4 is 12.2 Å². The van der Waals surface area contributed by atoms with Crippen LogP contribution in [0.2, 0.25) is 0 Å². The van der Waals surface area contributed by atoms with E-state index in [4.69, 9.17) is 26.4 Å². The fourth-order valence-corrected chi connectivity index (χ4v) is 3.55. The maximum absolute atomic E-state index is 5.78. The van der Waals surface area contributed by atoms with E-state index >= 15 is 0 Å². The Hall–Kier alpha value is -1.74. The summed E-state index contributed by atoms with van der Waals surface area (Å²) >= 11 is 5.41. The average Bonchev–Trinajstić information content (AvgIpc) is 3.25. The van der Waals surface area contributed by atoms with E-state index in [0.29, 0.717) is 24.7 Å². The minimum Gasteiger partial charge on any atom is -0.497 e. The maximum atomic E-state index is 5.78. The van der Waals surface area contributed by atoms with Crippen LogP contribution in [-0.2, 0) is 16.1 Å². The summed E-state index contributed by atoms with van der Waals surface area (Å²) in [5, 5.41) is 3.30. The fraction of sp³-hybridized carbons (Fsp3) is 0.529. The number of ether oxygens (including phenoxy) is 3. The second kappa shape index (κ2) is 6.87. The molecule has 8 heteroatoms. The Morgan fingerprint density at radius 1 is 1.20 bits per heavy atom. The van der Waals surface area contributed by atoms with Crippen molar-refractivity contribution < 1.29 is 14.2 Å². The Kier molecular flexibility index (Phi) is 4.60. The van der Waals surface area contributed by atoms with Gasteiger partial charge in [-0.1, -0.05) is 0 Å². The normalized spacial score (nSPS) is 20.2. The summed E-state index contributed by atoms with van der Waals surface area (Å²) in [6, 6.07) is 7.76. The second-order valence-electron chi connectivity index (χ2n) is 6.38. The van der Waals surface area contributed by atoms with Gasteiger partial charge < -0.3 is 14.2 Å². The van der Waals surface area contributed by atoms with Gasteiger partial charge >= 0.3 is 0 Å². The molecule has 0 bridgehead atoms. The van der Waals surface area contributed by atoms with Crippen LogP contribution < -0.4 is 4.74 Å². The number of aromatic amines is 1. The number of piperidine rings is 1. The molecule has 2 saturated heterocycles. The Morgan fingerprint density at radius 3 is 2.52 bits per heavy atom. The summed E-state index contributed by atoms with van der Waals surface area (Å²) in [6.07, 6.45) is 1.78. The number of aromatic nitrogens is 3. The van der Waals surface area contributed by atoms with Crippen molar-refractivity contribution in [1.82, 2.24) is 19.7 Å². The topological polar surface area (TPSA) is 64.5 Å². The number of hydrogen-bond acceptors (Lipinski definition) is 6. The molecule has 0 saturated carbocycles. The molecule has 2 aromatic rings. The zero-order chi connectivity index (χ0) is 17.3. The largest absolute Gasteiger partial charge is 0.497 e. The lowest BCUT2D eigenvalue weighted by atomic mass is 10.0. The molecule has 0 aliphatic carbocycles. The third-order valence-electron chi connectivity index (χ3n) is 4.82. The van der Waals surface area contributed by atoms with Crippen LogP contribution in [0.15, 0.2) is 24.3 Å². The first-order valence-electron chi connectivity index (χ1n) is 8.49. The summed E-state index contributed by atoms with van der Waals surface area (Å²) < 4.78 is 19.2. The molecule has 3 heterocycles. The quantitative estimate of drug-likeness (QED) is 0.843. The van der Waals surface area contributed by atoms with Gasteiger partial charge in [0.2, 0.25) is 4.77 Å². The summed E-state index contributed by atoms with van der Waals surface area (Å²) in [7, 11) is 1.65. The number of nitrogens with one attached hydrogen (secondary N) is 1. The minimum absolute atomic E-state index is 0.347. The van der Waals surface area contributed by atoms with Gasteiger partial charge in [-0.3, -0.25) is 10.00 Å². The van der Waals surface area contributed by atoms with Crippen molar-refractivity contribution in [3.63, 3.8) is 0 Å². The van der Waals surface area contributed by atoms with Crippen LogP contribution in [0, 0.1) is 4.77 Å². The molecular formula is C17H22N4O3S. The SMILES string of the molecule is COc1ccc(-c2nc(=S)n(CN3CCC4(CC3)OCCO4)[nH]2)cc1. The molecule has 25 heavy (non-hydrogen) atoms. The number of H-pyrrole nitrogens is 1. The van der Waals surface area contributed by atoms with Gasteiger partial charge in [0, 0.05) is 31.5 Å². The Labute approximate surface area is 151 Å². The van der Waals surface area contributed by atoms with Crippen LogP contribution in [0.4, 0.5) is 0 Å². The summed E-state index contributed by atoms with van der Waals surface area (Å²) in [4.78, 5) is 6.81. The molecule has 0 atom stereocenters. The van der Waals surface area contributed by atoms with Crippen molar-refractivity contribution in [2.45, 2.75) is 25.3 Å². The number of hydrogen-bond donors (Lipinski definition) is 1. The molecule has 4 rings (SSSR count). The van der Waals surface area contributed by atoms with E-state index in [0.717, 1.165) is 43.1 Å². The van der Waals surface area contributed by atoms with Gasteiger partial charge in [0.1, 0.15) is 5.75 Å². The first kappa shape index (κ1) is 16.7. The molecule has 1 spiro atoms. The smallest absolute Gasteiger partial charge is 0.217 e. The van der Waals surface area contributed by atoms with Crippen LogP contribution in [0.5, 0.6) is 5.75 Å². The lowest BCUT2D eigenvalue weighted by Crippen LogP contribution is -2.45. The highest BCUT2D eigenvalue weighted by atomic mass is 32.1. The van der Waals surface area contributed by atoms with Gasteiger partial charge in [0.25, 0.3) is 0 Å². The van der Waals surface area contributed by atoms with Crippen LogP contribution >= 0.6 is 12.2 Å². The van der Waals surface area contributed by atoms with E-state index in [1.807, 2.05) is 28.9 Å². The van der Waals surface area contributed by atoms with Gasteiger partial charge in [0.05, 0.1) is 27.0 Å². The van der Waals surface area contributed by atoms with E-state index in [9.17, 15) is 0 Å². The predicted octanol–water partition coefficient (Wildman–Crippen LogP) is 2.41. The maximum Gasteiger partial charge on any atom is 0.217 e. The first-order chi connectivity index (χ1) is 12.2. The second-order valence-corrected chi connectivity index (χ2v) is 6.74. The minimum atomic E-state index is -0.347. The van der Waals surface area contributed by atoms with Gasteiger partial charge in [-0.2, -0.15) is 4.98 Å². The molecule has 0 amide bonds. The lowest BCUT2D eigenvalue weighted by Gasteiger charge is -2.37. The molecular weight excluding hydrogens is 340 g/mol. The number of rotatable bonds is 4. The Morgan fingerprint density at radius 2 is 1.88 bits per heavy atom. The van der Waals surface area contributed by atoms with Crippen LogP contribution in [-0.4, -0.2) is 58.9 Å². The molecule has 0 unspecified atom stereocenters. The van der Waals surface area contributed by atoms with Gasteiger partial charge in [0.15, 0.2) is 11.6 Å². The van der Waals surface area contributed by atoms with Crippen LogP contribution in [0.25, 0.3) is 11.4 Å². The summed E-state index contributed by atoms with van der Waals surface area (Å²) in [5.41, 5.74) is 0.982. The fourth-order valence-electron chi connectivity index (χ4n) is 3.35. The summed E-state index contributed by atoms with van der Waals surface area (Å²) in [5.74, 6) is 1.24. The number of nitrogens with zero attached hydrogens (tertiary/aromatic N) is 3. The highest BCUT2D eigenvalue weighted by molar-refractivity contribution is 7.71. The molecule has 2 aliphatic rings. The van der Waals surface area contributed by atoms with Gasteiger partial charge in [-0.05, 0) is 36.5 Å². The predicted molar refractivity (Wildman–Crippen MR) is 94.8 cm³/mol. The van der Waals surface area contributed by atoms with Crippen molar-refractivity contribution in [3.8, 4) is 17.1 Å². The van der Waals surface area contributed by atoms with E-state index in [2.05, 4.69) is 15.0 Å². The van der Waals surface area contributed by atoms with Crippen LogP contribution in [0.1, 0.15) is 12.8 Å². The third-order valence-corrected chi connectivity index (χ3v) is 5.13. The Bertz CT molecular complexity index is 770. The van der Waals surface area contributed by atoms with Gasteiger partial charge in [-0.25, -0.2) is 4.68 Å². The summed E-state index contributed by atoms with van der Waals surface area (Å²) in [6.45, 7) is 3.93. The molecule has 0 radical (unpaired) electrons. The molecule has 1 aromatic heterocycles. The highest BCUT2D eigenvalue weighted by Gasteiger charge is 2.39. The van der Waals surface area contributed by atoms with Gasteiger partial charge in [-0.15, -0.1) is 0 Å².